The fraction of sp³-hybridized carbons (Fsp3) is 0.600. The zero-order valence-electron chi connectivity index (χ0n) is 12.7. The number of nitrogens with one attached hydrogen (secondary N) is 2. The van der Waals surface area contributed by atoms with E-state index in [-0.39, 0.29) is 0 Å². The molecule has 1 aromatic carbocycles. The van der Waals surface area contributed by atoms with Crippen LogP contribution in [0.2, 0.25) is 0 Å². The van der Waals surface area contributed by atoms with Gasteiger partial charge in [0.2, 0.25) is 10.0 Å². The van der Waals surface area contributed by atoms with Crippen LogP contribution in [-0.2, 0) is 10.0 Å². The minimum absolute atomic E-state index is 0.324. The molecule has 1 heterocycles. The van der Waals surface area contributed by atoms with Gasteiger partial charge < -0.3 is 10.1 Å². The van der Waals surface area contributed by atoms with Crippen molar-refractivity contribution in [2.45, 2.75) is 31.1 Å². The van der Waals surface area contributed by atoms with E-state index >= 15 is 0 Å². The van der Waals surface area contributed by atoms with E-state index in [4.69, 9.17) is 4.74 Å². The van der Waals surface area contributed by atoms with E-state index in [1.165, 1.54) is 12.8 Å². The van der Waals surface area contributed by atoms with Crippen LogP contribution in [0.3, 0.4) is 0 Å². The first-order chi connectivity index (χ1) is 10.0. The number of sulfonamides is 1. The Balaban J connectivity index is 1.94. The summed E-state index contributed by atoms with van der Waals surface area (Å²) in [4.78, 5) is 0.324. The molecule has 0 saturated carbocycles. The van der Waals surface area contributed by atoms with Crippen LogP contribution in [0.15, 0.2) is 23.1 Å². The normalized spacial score (nSPS) is 19.4. The van der Waals surface area contributed by atoms with Crippen molar-refractivity contribution in [3.8, 4) is 5.75 Å². The summed E-state index contributed by atoms with van der Waals surface area (Å²) in [7, 11) is -1.87. The Morgan fingerprint density at radius 2 is 2.24 bits per heavy atom. The molecule has 2 rings (SSSR count). The highest BCUT2D eigenvalue weighted by Gasteiger charge is 2.18. The number of aryl methyl sites for hydroxylation is 1. The lowest BCUT2D eigenvalue weighted by molar-refractivity contribution is 0.358. The lowest BCUT2D eigenvalue weighted by Crippen LogP contribution is -2.33. The zero-order chi connectivity index (χ0) is 15.3. The summed E-state index contributed by atoms with van der Waals surface area (Å²) in [5.74, 6) is 1.23. The van der Waals surface area contributed by atoms with Gasteiger partial charge in [0.1, 0.15) is 5.75 Å². The molecule has 6 heteroatoms. The van der Waals surface area contributed by atoms with Crippen molar-refractivity contribution in [2.24, 2.45) is 5.92 Å². The minimum Gasteiger partial charge on any atom is -0.497 e. The van der Waals surface area contributed by atoms with Crippen molar-refractivity contribution >= 4 is 10.0 Å². The van der Waals surface area contributed by atoms with Crippen molar-refractivity contribution in [1.29, 1.82) is 0 Å². The second-order valence-corrected chi connectivity index (χ2v) is 7.27. The fourth-order valence-electron chi connectivity index (χ4n) is 2.70. The maximum Gasteiger partial charge on any atom is 0.240 e. The molecule has 1 aliphatic rings. The van der Waals surface area contributed by atoms with E-state index in [9.17, 15) is 8.42 Å². The molecule has 21 heavy (non-hydrogen) atoms. The molecule has 0 aliphatic carbocycles. The molecule has 0 amide bonds. The Morgan fingerprint density at radius 1 is 1.43 bits per heavy atom. The van der Waals surface area contributed by atoms with Gasteiger partial charge in [-0.3, -0.25) is 0 Å². The van der Waals surface area contributed by atoms with Crippen LogP contribution in [0.4, 0.5) is 0 Å². The number of hydrogen-bond acceptors (Lipinski definition) is 4. The standard InChI is InChI=1S/C15H24N2O3S/c1-12-10-14(20-2)5-6-15(12)21(18,19)17-9-7-13-4-3-8-16-11-13/h5-6,10,13,16-17H,3-4,7-9,11H2,1-2H3. The SMILES string of the molecule is COc1ccc(S(=O)(=O)NCCC2CCCNC2)c(C)c1. The largest absolute Gasteiger partial charge is 0.497 e. The first kappa shape index (κ1) is 16.3. The molecule has 0 spiro atoms. The molecular weight excluding hydrogens is 288 g/mol. The van der Waals surface area contributed by atoms with Crippen LogP contribution in [0, 0.1) is 12.8 Å². The van der Waals surface area contributed by atoms with Gasteiger partial charge in [-0.05, 0) is 69.0 Å². The summed E-state index contributed by atoms with van der Waals surface area (Å²) in [5.41, 5.74) is 0.696. The molecular formula is C15H24N2O3S. The van der Waals surface area contributed by atoms with Crippen LogP contribution in [-0.4, -0.2) is 35.2 Å². The van der Waals surface area contributed by atoms with Crippen molar-refractivity contribution in [1.82, 2.24) is 10.0 Å². The van der Waals surface area contributed by atoms with Crippen molar-refractivity contribution < 1.29 is 13.2 Å². The molecule has 1 fully saturated rings. The lowest BCUT2D eigenvalue weighted by Gasteiger charge is -2.22. The van der Waals surface area contributed by atoms with E-state index < -0.39 is 10.0 Å². The molecule has 1 unspecified atom stereocenters. The fourth-order valence-corrected chi connectivity index (χ4v) is 3.97. The molecule has 1 saturated heterocycles. The third-order valence-electron chi connectivity index (χ3n) is 3.92. The number of ether oxygens (including phenoxy) is 1. The molecule has 1 atom stereocenters. The van der Waals surface area contributed by atoms with Gasteiger partial charge in [0, 0.05) is 6.54 Å². The quantitative estimate of drug-likeness (QED) is 0.838. The number of piperidine rings is 1. The molecule has 2 N–H and O–H groups in total. The highest BCUT2D eigenvalue weighted by molar-refractivity contribution is 7.89. The average molecular weight is 312 g/mol. The molecule has 0 bridgehead atoms. The van der Waals surface area contributed by atoms with Gasteiger partial charge >= 0.3 is 0 Å². The number of methoxy groups -OCH3 is 1. The smallest absolute Gasteiger partial charge is 0.240 e. The van der Waals surface area contributed by atoms with Gasteiger partial charge in [0.25, 0.3) is 0 Å². The topological polar surface area (TPSA) is 67.4 Å². The Bertz CT molecular complexity index is 566. The third kappa shape index (κ3) is 4.43. The van der Waals surface area contributed by atoms with E-state index in [1.54, 1.807) is 32.2 Å². The van der Waals surface area contributed by atoms with Gasteiger partial charge in [0.05, 0.1) is 12.0 Å². The van der Waals surface area contributed by atoms with Crippen LogP contribution in [0.25, 0.3) is 0 Å². The Morgan fingerprint density at radius 3 is 2.86 bits per heavy atom. The highest BCUT2D eigenvalue weighted by atomic mass is 32.2. The number of hydrogen-bond donors (Lipinski definition) is 2. The van der Waals surface area contributed by atoms with Gasteiger partial charge in [0.15, 0.2) is 0 Å². The number of rotatable bonds is 6. The van der Waals surface area contributed by atoms with Gasteiger partial charge in [-0.15, -0.1) is 0 Å². The van der Waals surface area contributed by atoms with Crippen molar-refractivity contribution in [3.05, 3.63) is 23.8 Å². The molecule has 0 radical (unpaired) electrons. The molecule has 5 nitrogen and oxygen atoms in total. The van der Waals surface area contributed by atoms with E-state index in [0.29, 0.717) is 28.7 Å². The molecule has 1 aliphatic heterocycles. The minimum atomic E-state index is -3.44. The van der Waals surface area contributed by atoms with Crippen LogP contribution in [0.1, 0.15) is 24.8 Å². The van der Waals surface area contributed by atoms with E-state index in [1.807, 2.05) is 0 Å². The number of benzene rings is 1. The maximum absolute atomic E-state index is 12.3. The third-order valence-corrected chi connectivity index (χ3v) is 5.54. The van der Waals surface area contributed by atoms with Crippen LogP contribution < -0.4 is 14.8 Å². The molecule has 1 aromatic rings. The lowest BCUT2D eigenvalue weighted by atomic mass is 9.96. The van der Waals surface area contributed by atoms with Crippen LogP contribution in [0.5, 0.6) is 5.75 Å². The Labute approximate surface area is 127 Å². The second kappa shape index (κ2) is 7.24. The van der Waals surface area contributed by atoms with E-state index in [2.05, 4.69) is 10.0 Å². The first-order valence-corrected chi connectivity index (χ1v) is 8.86. The van der Waals surface area contributed by atoms with Gasteiger partial charge in [-0.25, -0.2) is 13.1 Å². The van der Waals surface area contributed by atoms with E-state index in [0.717, 1.165) is 19.5 Å². The molecule has 118 valence electrons. The maximum atomic E-state index is 12.3. The summed E-state index contributed by atoms with van der Waals surface area (Å²) in [6, 6.07) is 5.00. The molecule has 0 aromatic heterocycles. The van der Waals surface area contributed by atoms with Gasteiger partial charge in [-0.1, -0.05) is 0 Å². The Hall–Kier alpha value is -1.11. The van der Waals surface area contributed by atoms with Crippen molar-refractivity contribution in [3.63, 3.8) is 0 Å². The summed E-state index contributed by atoms with van der Waals surface area (Å²) >= 11 is 0. The summed E-state index contributed by atoms with van der Waals surface area (Å²) < 4.78 is 32.5. The monoisotopic (exact) mass is 312 g/mol. The zero-order valence-corrected chi connectivity index (χ0v) is 13.5. The summed E-state index contributed by atoms with van der Waals surface area (Å²) in [6.45, 7) is 4.33. The van der Waals surface area contributed by atoms with Gasteiger partial charge in [-0.2, -0.15) is 0 Å². The second-order valence-electron chi connectivity index (χ2n) is 5.53. The first-order valence-electron chi connectivity index (χ1n) is 7.38. The predicted octanol–water partition coefficient (Wildman–Crippen LogP) is 1.67. The predicted molar refractivity (Wildman–Crippen MR) is 83.1 cm³/mol. The van der Waals surface area contributed by atoms with Crippen molar-refractivity contribution in [2.75, 3.05) is 26.7 Å². The summed E-state index contributed by atoms with van der Waals surface area (Å²) in [6.07, 6.45) is 3.23. The van der Waals surface area contributed by atoms with Crippen LogP contribution >= 0.6 is 0 Å². The average Bonchev–Trinajstić information content (AvgIpc) is 2.47. The summed E-state index contributed by atoms with van der Waals surface area (Å²) in [5, 5.41) is 3.34. The highest BCUT2D eigenvalue weighted by Crippen LogP contribution is 2.21. The Kier molecular flexibility index (Phi) is 5.61.